The number of sulfonamides is 1. The lowest BCUT2D eigenvalue weighted by Gasteiger charge is -2.15. The van der Waals surface area contributed by atoms with Crippen molar-refractivity contribution >= 4 is 39.9 Å². The predicted molar refractivity (Wildman–Crippen MR) is 122 cm³/mol. The van der Waals surface area contributed by atoms with E-state index in [4.69, 9.17) is 9.07 Å². The van der Waals surface area contributed by atoms with E-state index in [0.717, 1.165) is 24.6 Å². The van der Waals surface area contributed by atoms with Crippen LogP contribution >= 0.6 is 0 Å². The fourth-order valence-electron chi connectivity index (χ4n) is 3.59. The van der Waals surface area contributed by atoms with Crippen molar-refractivity contribution in [2.75, 3.05) is 10.0 Å². The first-order chi connectivity index (χ1) is 17.0. The maximum atomic E-state index is 13.3. The predicted octanol–water partition coefficient (Wildman–Crippen LogP) is 2.13. The lowest BCUT2D eigenvalue weighted by atomic mass is 9.79. The van der Waals surface area contributed by atoms with Gasteiger partial charge in [0, 0.05) is 17.8 Å². The third kappa shape index (κ3) is 5.69. The zero-order valence-corrected chi connectivity index (χ0v) is 19.6. The van der Waals surface area contributed by atoms with Crippen LogP contribution in [0.4, 0.5) is 24.5 Å². The number of rotatable bonds is 8. The number of nitrogens with one attached hydrogen (secondary N) is 2. The van der Waals surface area contributed by atoms with Crippen molar-refractivity contribution in [3.63, 3.8) is 0 Å². The summed E-state index contributed by atoms with van der Waals surface area (Å²) in [5.41, 5.74) is 1.00. The summed E-state index contributed by atoms with van der Waals surface area (Å²) in [6, 6.07) is 7.73. The summed E-state index contributed by atoms with van der Waals surface area (Å²) in [7, 11) is -5.46. The Morgan fingerprint density at radius 2 is 1.86 bits per heavy atom. The number of amides is 1. The summed E-state index contributed by atoms with van der Waals surface area (Å²) in [6.45, 7) is 2.08. The maximum Gasteiger partial charge on any atom is 0.491 e. The molecule has 15 heteroatoms. The molecule has 3 aromatic rings. The number of aromatic nitrogens is 2. The first-order valence-electron chi connectivity index (χ1n) is 10.7. The highest BCUT2D eigenvalue weighted by Crippen LogP contribution is 2.27. The summed E-state index contributed by atoms with van der Waals surface area (Å²) in [6.07, 6.45) is -4.13. The molecule has 2 aromatic carbocycles. The third-order valence-electron chi connectivity index (χ3n) is 5.24. The van der Waals surface area contributed by atoms with Gasteiger partial charge in [0.05, 0.1) is 17.9 Å². The zero-order chi connectivity index (χ0) is 26.1. The standard InChI is InChI=1S/C21H20BF3N4O6S/c1-2-3-18-27-28-19(35-18)9-13-8-14(26-20(30)21(23,24)25)6-7-17(13)36(32,33)29-15-5-4-12-11-34-22(31)16(12)10-15/h4-8,10,29,31H,2-3,9,11H2,1H3,(H,26,30). The lowest BCUT2D eigenvalue weighted by Crippen LogP contribution is -2.30. The van der Waals surface area contributed by atoms with E-state index >= 15 is 0 Å². The van der Waals surface area contributed by atoms with Crippen LogP contribution in [0.15, 0.2) is 45.7 Å². The Labute approximate surface area is 204 Å². The van der Waals surface area contributed by atoms with Crippen molar-refractivity contribution in [1.29, 1.82) is 0 Å². The van der Waals surface area contributed by atoms with Gasteiger partial charge in [-0.1, -0.05) is 13.0 Å². The van der Waals surface area contributed by atoms with E-state index in [1.54, 1.807) is 11.4 Å². The highest BCUT2D eigenvalue weighted by atomic mass is 32.2. The number of carbonyl (C=O) groups excluding carboxylic acids is 1. The Hall–Kier alpha value is -3.43. The fraction of sp³-hybridized carbons (Fsp3) is 0.286. The van der Waals surface area contributed by atoms with Gasteiger partial charge in [-0.3, -0.25) is 9.52 Å². The quantitative estimate of drug-likeness (QED) is 0.381. The minimum Gasteiger partial charge on any atom is -0.425 e. The molecule has 0 saturated heterocycles. The second-order valence-electron chi connectivity index (χ2n) is 7.97. The molecule has 0 radical (unpaired) electrons. The molecule has 3 N–H and O–H groups in total. The number of alkyl halides is 3. The Kier molecular flexibility index (Phi) is 7.06. The van der Waals surface area contributed by atoms with Gasteiger partial charge < -0.3 is 19.4 Å². The largest absolute Gasteiger partial charge is 0.491 e. The molecule has 0 fully saturated rings. The second-order valence-corrected chi connectivity index (χ2v) is 9.62. The van der Waals surface area contributed by atoms with Crippen LogP contribution in [-0.2, 0) is 38.9 Å². The Morgan fingerprint density at radius 3 is 2.58 bits per heavy atom. The normalized spacial score (nSPS) is 13.5. The highest BCUT2D eigenvalue weighted by molar-refractivity contribution is 7.92. The van der Waals surface area contributed by atoms with Gasteiger partial charge >= 0.3 is 19.2 Å². The summed E-state index contributed by atoms with van der Waals surface area (Å²) in [5.74, 6) is -1.83. The fourth-order valence-corrected chi connectivity index (χ4v) is 4.86. The minimum absolute atomic E-state index is 0.0127. The van der Waals surface area contributed by atoms with E-state index in [9.17, 15) is 31.4 Å². The summed E-state index contributed by atoms with van der Waals surface area (Å²) < 4.78 is 77.7. The number of halogens is 3. The first-order valence-corrected chi connectivity index (χ1v) is 12.2. The molecule has 4 rings (SSSR count). The van der Waals surface area contributed by atoms with Crippen molar-refractivity contribution < 1.29 is 40.5 Å². The van der Waals surface area contributed by atoms with Gasteiger partial charge in [-0.2, -0.15) is 13.2 Å². The molecule has 2 heterocycles. The molecule has 10 nitrogen and oxygen atoms in total. The molecule has 190 valence electrons. The van der Waals surface area contributed by atoms with Crippen LogP contribution in [0.1, 0.15) is 36.3 Å². The van der Waals surface area contributed by atoms with E-state index < -0.39 is 29.2 Å². The molecular weight excluding hydrogens is 504 g/mol. The van der Waals surface area contributed by atoms with Crippen molar-refractivity contribution in [1.82, 2.24) is 10.2 Å². The average molecular weight is 524 g/mol. The number of anilines is 2. The number of fused-ring (bicyclic) bond motifs is 1. The summed E-state index contributed by atoms with van der Waals surface area (Å²) in [5, 5.41) is 19.3. The van der Waals surface area contributed by atoms with Gasteiger partial charge in [0.2, 0.25) is 11.8 Å². The topological polar surface area (TPSA) is 144 Å². The van der Waals surface area contributed by atoms with E-state index in [2.05, 4.69) is 14.9 Å². The third-order valence-corrected chi connectivity index (χ3v) is 6.72. The van der Waals surface area contributed by atoms with Gasteiger partial charge in [0.15, 0.2) is 0 Å². The van der Waals surface area contributed by atoms with Crippen molar-refractivity contribution in [3.05, 3.63) is 59.3 Å². The van der Waals surface area contributed by atoms with E-state index in [1.165, 1.54) is 12.1 Å². The molecule has 0 aliphatic carbocycles. The highest BCUT2D eigenvalue weighted by Gasteiger charge is 2.39. The number of aryl methyl sites for hydroxylation is 1. The smallest absolute Gasteiger partial charge is 0.425 e. The molecule has 1 aliphatic heterocycles. The molecule has 1 amide bonds. The van der Waals surface area contributed by atoms with Crippen molar-refractivity contribution in [2.24, 2.45) is 0 Å². The van der Waals surface area contributed by atoms with Crippen LogP contribution in [0.25, 0.3) is 0 Å². The number of hydrogen-bond donors (Lipinski definition) is 3. The molecular formula is C21H20BF3N4O6S. The van der Waals surface area contributed by atoms with E-state index in [1.807, 2.05) is 6.92 Å². The number of benzene rings is 2. The van der Waals surface area contributed by atoms with Crippen LogP contribution < -0.4 is 15.5 Å². The number of hydrogen-bond acceptors (Lipinski definition) is 8. The number of carbonyl (C=O) groups is 1. The van der Waals surface area contributed by atoms with Gasteiger partial charge in [-0.05, 0) is 53.3 Å². The molecule has 1 aromatic heterocycles. The zero-order valence-electron chi connectivity index (χ0n) is 18.8. The monoisotopic (exact) mass is 524 g/mol. The molecule has 0 bridgehead atoms. The lowest BCUT2D eigenvalue weighted by molar-refractivity contribution is -0.167. The molecule has 0 unspecified atom stereocenters. The minimum atomic E-state index is -5.13. The average Bonchev–Trinajstić information content (AvgIpc) is 3.39. The summed E-state index contributed by atoms with van der Waals surface area (Å²) >= 11 is 0. The van der Waals surface area contributed by atoms with Crippen LogP contribution in [0, 0.1) is 0 Å². The van der Waals surface area contributed by atoms with Crippen molar-refractivity contribution in [3.8, 4) is 0 Å². The van der Waals surface area contributed by atoms with E-state index in [-0.39, 0.29) is 40.8 Å². The number of nitrogens with zero attached hydrogens (tertiary/aromatic N) is 2. The van der Waals surface area contributed by atoms with Crippen LogP contribution in [-0.4, -0.2) is 42.8 Å². The van der Waals surface area contributed by atoms with Gasteiger partial charge in [-0.15, -0.1) is 10.2 Å². The van der Waals surface area contributed by atoms with E-state index in [0.29, 0.717) is 23.3 Å². The molecule has 36 heavy (non-hydrogen) atoms. The van der Waals surface area contributed by atoms with Crippen LogP contribution in [0.3, 0.4) is 0 Å². The van der Waals surface area contributed by atoms with Crippen molar-refractivity contribution in [2.45, 2.75) is 43.9 Å². The van der Waals surface area contributed by atoms with Crippen LogP contribution in [0.5, 0.6) is 0 Å². The summed E-state index contributed by atoms with van der Waals surface area (Å²) in [4.78, 5) is 11.1. The SMILES string of the molecule is CCCc1nnc(Cc2cc(NC(=O)C(F)(F)F)ccc2S(=O)(=O)Nc2ccc3c(c2)B(O)OC3)o1. The Bertz CT molecular complexity index is 1400. The molecule has 0 saturated carbocycles. The van der Waals surface area contributed by atoms with Crippen LogP contribution in [0.2, 0.25) is 0 Å². The van der Waals surface area contributed by atoms with Gasteiger partial charge in [0.25, 0.3) is 10.0 Å². The van der Waals surface area contributed by atoms with Gasteiger partial charge in [-0.25, -0.2) is 8.42 Å². The molecule has 1 aliphatic rings. The van der Waals surface area contributed by atoms with Gasteiger partial charge in [0.1, 0.15) is 0 Å². The molecule has 0 spiro atoms. The molecule has 0 atom stereocenters. The Morgan fingerprint density at radius 1 is 1.14 bits per heavy atom. The second kappa shape index (κ2) is 9.91. The maximum absolute atomic E-state index is 13.3. The Balaban J connectivity index is 1.68. The first kappa shape index (κ1) is 25.7.